The van der Waals surface area contributed by atoms with Crippen molar-refractivity contribution in [3.63, 3.8) is 0 Å². The maximum absolute atomic E-state index is 12.7. The lowest BCUT2D eigenvalue weighted by Crippen LogP contribution is -2.44. The molecule has 7 heteroatoms. The van der Waals surface area contributed by atoms with Crippen LogP contribution in [0.3, 0.4) is 0 Å². The van der Waals surface area contributed by atoms with E-state index in [1.54, 1.807) is 13.8 Å². The first-order valence-corrected chi connectivity index (χ1v) is 10.1. The summed E-state index contributed by atoms with van der Waals surface area (Å²) in [5.41, 5.74) is 7.20. The summed E-state index contributed by atoms with van der Waals surface area (Å²) in [5.74, 6) is 0.00756. The van der Waals surface area contributed by atoms with E-state index in [0.29, 0.717) is 16.9 Å². The second-order valence-electron chi connectivity index (χ2n) is 6.80. The molecule has 0 unspecified atom stereocenters. The topological polar surface area (TPSA) is 84.5 Å². The van der Waals surface area contributed by atoms with Gasteiger partial charge in [0.15, 0.2) is 6.61 Å². The SMILES string of the molecule is Cc1ccc(C)c(OCC(=O)NNS(=O)(=O)c2c(C)c(C)cc(C)c2C)c1. The Kier molecular flexibility index (Phi) is 6.28. The predicted octanol–water partition coefficient (Wildman–Crippen LogP) is 2.93. The molecule has 0 heterocycles. The van der Waals surface area contributed by atoms with Gasteiger partial charge in [-0.25, -0.2) is 8.42 Å². The van der Waals surface area contributed by atoms with Crippen LogP contribution in [0, 0.1) is 41.5 Å². The lowest BCUT2D eigenvalue weighted by atomic mass is 10.0. The van der Waals surface area contributed by atoms with E-state index in [2.05, 4.69) is 10.3 Å². The summed E-state index contributed by atoms with van der Waals surface area (Å²) in [4.78, 5) is 14.4. The van der Waals surface area contributed by atoms with Crippen LogP contribution < -0.4 is 15.0 Å². The van der Waals surface area contributed by atoms with E-state index in [-0.39, 0.29) is 11.5 Å². The average molecular weight is 391 g/mol. The van der Waals surface area contributed by atoms with Gasteiger partial charge in [0, 0.05) is 0 Å². The molecule has 0 saturated carbocycles. The fourth-order valence-corrected chi connectivity index (χ4v) is 4.28. The van der Waals surface area contributed by atoms with Crippen molar-refractivity contribution in [3.05, 3.63) is 57.6 Å². The number of aryl methyl sites for hydroxylation is 4. The molecule has 0 saturated heterocycles. The Morgan fingerprint density at radius 1 is 0.926 bits per heavy atom. The van der Waals surface area contributed by atoms with Gasteiger partial charge in [-0.2, -0.15) is 0 Å². The van der Waals surface area contributed by atoms with Crippen LogP contribution in [0.2, 0.25) is 0 Å². The summed E-state index contributed by atoms with van der Waals surface area (Å²) in [6.07, 6.45) is 0. The molecule has 146 valence electrons. The number of carbonyl (C=O) groups excluding carboxylic acids is 1. The van der Waals surface area contributed by atoms with Crippen molar-refractivity contribution >= 4 is 15.9 Å². The molecule has 0 radical (unpaired) electrons. The summed E-state index contributed by atoms with van der Waals surface area (Å²) >= 11 is 0. The molecule has 27 heavy (non-hydrogen) atoms. The van der Waals surface area contributed by atoms with Crippen LogP contribution in [0.1, 0.15) is 33.4 Å². The standard InChI is InChI=1S/C20H26N2O4S/c1-12-7-8-13(2)18(9-12)26-11-19(23)21-22-27(24,25)20-16(5)14(3)10-15(4)17(20)6/h7-10,22H,11H2,1-6H3,(H,21,23). The molecule has 0 bridgehead atoms. The third-order valence-corrected chi connectivity index (χ3v) is 6.11. The molecular formula is C20H26N2O4S. The quantitative estimate of drug-likeness (QED) is 0.743. The van der Waals surface area contributed by atoms with E-state index in [0.717, 1.165) is 22.3 Å². The fourth-order valence-electron chi connectivity index (χ4n) is 2.80. The number of sulfonamides is 1. The number of nitrogens with one attached hydrogen (secondary N) is 2. The van der Waals surface area contributed by atoms with Gasteiger partial charge in [0.2, 0.25) is 0 Å². The van der Waals surface area contributed by atoms with Crippen molar-refractivity contribution in [2.75, 3.05) is 6.61 Å². The first kappa shape index (κ1) is 20.9. The number of amides is 1. The number of ether oxygens (including phenoxy) is 1. The maximum atomic E-state index is 12.7. The minimum absolute atomic E-state index is 0.191. The normalized spacial score (nSPS) is 11.3. The molecule has 2 aromatic carbocycles. The van der Waals surface area contributed by atoms with Crippen LogP contribution in [-0.2, 0) is 14.8 Å². The Hall–Kier alpha value is -2.38. The fraction of sp³-hybridized carbons (Fsp3) is 0.350. The Bertz CT molecular complexity index is 956. The highest BCUT2D eigenvalue weighted by molar-refractivity contribution is 7.89. The largest absolute Gasteiger partial charge is 0.483 e. The van der Waals surface area contributed by atoms with Gasteiger partial charge in [-0.1, -0.05) is 18.2 Å². The van der Waals surface area contributed by atoms with Crippen molar-refractivity contribution in [1.29, 1.82) is 0 Å². The first-order valence-electron chi connectivity index (χ1n) is 8.61. The van der Waals surface area contributed by atoms with Gasteiger partial charge in [-0.15, -0.1) is 4.83 Å². The molecule has 0 aliphatic heterocycles. The number of hydrazine groups is 1. The van der Waals surface area contributed by atoms with E-state index >= 15 is 0 Å². The minimum Gasteiger partial charge on any atom is -0.483 e. The van der Waals surface area contributed by atoms with Crippen LogP contribution >= 0.6 is 0 Å². The minimum atomic E-state index is -3.90. The van der Waals surface area contributed by atoms with Gasteiger partial charge < -0.3 is 4.74 Å². The molecule has 6 nitrogen and oxygen atoms in total. The van der Waals surface area contributed by atoms with E-state index in [1.807, 2.05) is 52.0 Å². The molecule has 0 aliphatic carbocycles. The van der Waals surface area contributed by atoms with Crippen molar-refractivity contribution in [1.82, 2.24) is 10.3 Å². The Morgan fingerprint density at radius 2 is 1.52 bits per heavy atom. The molecule has 0 fully saturated rings. The Balaban J connectivity index is 2.07. The number of hydrogen-bond acceptors (Lipinski definition) is 4. The van der Waals surface area contributed by atoms with E-state index < -0.39 is 15.9 Å². The van der Waals surface area contributed by atoms with E-state index in [9.17, 15) is 13.2 Å². The van der Waals surface area contributed by atoms with Crippen molar-refractivity contribution in [2.24, 2.45) is 0 Å². The van der Waals surface area contributed by atoms with E-state index in [1.165, 1.54) is 0 Å². The van der Waals surface area contributed by atoms with Gasteiger partial charge in [0.25, 0.3) is 15.9 Å². The third kappa shape index (κ3) is 4.87. The van der Waals surface area contributed by atoms with Crippen molar-refractivity contribution in [2.45, 2.75) is 46.4 Å². The molecule has 0 spiro atoms. The van der Waals surface area contributed by atoms with Gasteiger partial charge in [-0.3, -0.25) is 10.2 Å². The molecule has 0 aliphatic rings. The highest BCUT2D eigenvalue weighted by Crippen LogP contribution is 2.25. The smallest absolute Gasteiger partial charge is 0.272 e. The lowest BCUT2D eigenvalue weighted by Gasteiger charge is -2.16. The zero-order chi connectivity index (χ0) is 20.4. The van der Waals surface area contributed by atoms with Gasteiger partial charge >= 0.3 is 0 Å². The second-order valence-corrected chi connectivity index (χ2v) is 8.42. The Labute approximate surface area is 161 Å². The monoisotopic (exact) mass is 390 g/mol. The number of benzene rings is 2. The zero-order valence-electron chi connectivity index (χ0n) is 16.6. The van der Waals surface area contributed by atoms with E-state index in [4.69, 9.17) is 4.74 Å². The van der Waals surface area contributed by atoms with Crippen LogP contribution in [0.4, 0.5) is 0 Å². The average Bonchev–Trinajstić information content (AvgIpc) is 2.59. The highest BCUT2D eigenvalue weighted by atomic mass is 32.2. The van der Waals surface area contributed by atoms with Crippen molar-refractivity contribution in [3.8, 4) is 5.75 Å². The second kappa shape index (κ2) is 8.10. The highest BCUT2D eigenvalue weighted by Gasteiger charge is 2.22. The van der Waals surface area contributed by atoms with Crippen LogP contribution in [0.25, 0.3) is 0 Å². The Morgan fingerprint density at radius 3 is 2.11 bits per heavy atom. The summed E-state index contributed by atoms with van der Waals surface area (Å²) in [6, 6.07) is 7.62. The van der Waals surface area contributed by atoms with Gasteiger partial charge in [-0.05, 0) is 81.0 Å². The summed E-state index contributed by atoms with van der Waals surface area (Å²) < 4.78 is 30.9. The number of rotatable bonds is 6. The molecule has 0 aromatic heterocycles. The summed E-state index contributed by atoms with van der Waals surface area (Å²) in [5, 5.41) is 0. The lowest BCUT2D eigenvalue weighted by molar-refractivity contribution is -0.123. The van der Waals surface area contributed by atoms with Crippen LogP contribution in [0.5, 0.6) is 5.75 Å². The molecule has 2 aromatic rings. The summed E-state index contributed by atoms with van der Waals surface area (Å²) in [7, 11) is -3.90. The van der Waals surface area contributed by atoms with Gasteiger partial charge in [0.05, 0.1) is 4.90 Å². The maximum Gasteiger partial charge on any atom is 0.272 e. The molecule has 0 atom stereocenters. The predicted molar refractivity (Wildman–Crippen MR) is 105 cm³/mol. The number of hydrogen-bond donors (Lipinski definition) is 2. The molecule has 2 N–H and O–H groups in total. The third-order valence-electron chi connectivity index (χ3n) is 4.59. The summed E-state index contributed by atoms with van der Waals surface area (Å²) in [6.45, 7) is 10.7. The number of carbonyl (C=O) groups is 1. The van der Waals surface area contributed by atoms with Crippen LogP contribution in [-0.4, -0.2) is 20.9 Å². The zero-order valence-corrected chi connectivity index (χ0v) is 17.4. The van der Waals surface area contributed by atoms with Crippen LogP contribution in [0.15, 0.2) is 29.2 Å². The molecular weight excluding hydrogens is 364 g/mol. The first-order chi connectivity index (χ1) is 12.5. The molecule has 1 amide bonds. The van der Waals surface area contributed by atoms with Crippen molar-refractivity contribution < 1.29 is 17.9 Å². The molecule has 2 rings (SSSR count). The van der Waals surface area contributed by atoms with Gasteiger partial charge in [0.1, 0.15) is 5.75 Å².